The molecule has 1 saturated heterocycles. The molecule has 0 aromatic heterocycles. The van der Waals surface area contributed by atoms with E-state index >= 15 is 0 Å². The molecule has 7 heteroatoms. The normalized spacial score (nSPS) is 18.7. The minimum absolute atomic E-state index is 0.0341. The highest BCUT2D eigenvalue weighted by atomic mass is 35.5. The molecule has 0 bridgehead atoms. The quantitative estimate of drug-likeness (QED) is 0.336. The first-order chi connectivity index (χ1) is 10.1. The first-order valence-corrected chi connectivity index (χ1v) is 7.17. The van der Waals surface area contributed by atoms with Gasteiger partial charge in [0.25, 0.3) is 0 Å². The molecular weight excluding hydrogens is 294 g/mol. The summed E-state index contributed by atoms with van der Waals surface area (Å²) >= 11 is 6.07. The molecule has 2 rings (SSSR count). The lowest BCUT2D eigenvalue weighted by molar-refractivity contribution is -0.116. The Kier molecular flexibility index (Phi) is 5.41. The number of rotatable bonds is 5. The highest BCUT2D eigenvalue weighted by Crippen LogP contribution is 2.24. The zero-order chi connectivity index (χ0) is 15.2. The van der Waals surface area contributed by atoms with Crippen molar-refractivity contribution in [3.05, 3.63) is 28.8 Å². The maximum Gasteiger partial charge on any atom is 0.224 e. The maximum absolute atomic E-state index is 11.9. The van der Waals surface area contributed by atoms with Crippen LogP contribution < -0.4 is 11.1 Å². The molecule has 114 valence electrons. The zero-order valence-electron chi connectivity index (χ0n) is 11.5. The van der Waals surface area contributed by atoms with Gasteiger partial charge in [0.1, 0.15) is 0 Å². The average molecular weight is 312 g/mol. The van der Waals surface area contributed by atoms with Crippen LogP contribution in [0.3, 0.4) is 0 Å². The number of amidine groups is 1. The summed E-state index contributed by atoms with van der Waals surface area (Å²) in [6, 6.07) is 4.78. The van der Waals surface area contributed by atoms with Crippen LogP contribution in [0, 0.1) is 0 Å². The number of halogens is 1. The first-order valence-electron chi connectivity index (χ1n) is 6.79. The minimum atomic E-state index is -0.107. The molecule has 1 unspecified atom stereocenters. The Morgan fingerprint density at radius 3 is 3.00 bits per heavy atom. The lowest BCUT2D eigenvalue weighted by Crippen LogP contribution is -2.16. The fourth-order valence-corrected chi connectivity index (χ4v) is 2.44. The van der Waals surface area contributed by atoms with Gasteiger partial charge in [-0.15, -0.1) is 0 Å². The largest absolute Gasteiger partial charge is 0.409 e. The lowest BCUT2D eigenvalue weighted by Gasteiger charge is -2.11. The van der Waals surface area contributed by atoms with Gasteiger partial charge >= 0.3 is 0 Å². The van der Waals surface area contributed by atoms with E-state index < -0.39 is 0 Å². The third-order valence-electron chi connectivity index (χ3n) is 3.36. The third-order valence-corrected chi connectivity index (χ3v) is 3.68. The van der Waals surface area contributed by atoms with E-state index in [0.29, 0.717) is 29.1 Å². The maximum atomic E-state index is 11.9. The number of nitrogens with one attached hydrogen (secondary N) is 1. The van der Waals surface area contributed by atoms with Crippen LogP contribution in [0.15, 0.2) is 23.4 Å². The van der Waals surface area contributed by atoms with Crippen molar-refractivity contribution in [3.63, 3.8) is 0 Å². The van der Waals surface area contributed by atoms with Crippen LogP contribution in [0.4, 0.5) is 5.69 Å². The van der Waals surface area contributed by atoms with Crippen molar-refractivity contribution in [1.29, 1.82) is 0 Å². The zero-order valence-corrected chi connectivity index (χ0v) is 12.3. The van der Waals surface area contributed by atoms with Crippen LogP contribution >= 0.6 is 11.6 Å². The van der Waals surface area contributed by atoms with Gasteiger partial charge in [-0.25, -0.2) is 0 Å². The van der Waals surface area contributed by atoms with Crippen LogP contribution in [-0.2, 0) is 9.53 Å². The van der Waals surface area contributed by atoms with Crippen molar-refractivity contribution >= 4 is 29.0 Å². The second kappa shape index (κ2) is 7.28. The Morgan fingerprint density at radius 1 is 1.57 bits per heavy atom. The number of carbonyl (C=O) groups excluding carboxylic acids is 1. The molecule has 1 aliphatic heterocycles. The summed E-state index contributed by atoms with van der Waals surface area (Å²) in [6.07, 6.45) is 3.37. The molecule has 4 N–H and O–H groups in total. The van der Waals surface area contributed by atoms with Crippen molar-refractivity contribution in [1.82, 2.24) is 0 Å². The van der Waals surface area contributed by atoms with E-state index in [1.165, 1.54) is 6.07 Å². The van der Waals surface area contributed by atoms with E-state index in [1.807, 2.05) is 0 Å². The van der Waals surface area contributed by atoms with E-state index in [0.717, 1.165) is 19.4 Å². The van der Waals surface area contributed by atoms with E-state index in [1.54, 1.807) is 12.1 Å². The topological polar surface area (TPSA) is 96.9 Å². The average Bonchev–Trinajstić information content (AvgIpc) is 2.99. The molecule has 0 spiro atoms. The van der Waals surface area contributed by atoms with Gasteiger partial charge in [-0.2, -0.15) is 0 Å². The summed E-state index contributed by atoms with van der Waals surface area (Å²) in [4.78, 5) is 11.9. The Labute approximate surface area is 127 Å². The number of nitrogens with two attached hydrogens (primary N) is 1. The Balaban J connectivity index is 1.91. The first kappa shape index (κ1) is 15.6. The molecule has 1 aromatic rings. The number of amides is 1. The number of hydrogen-bond acceptors (Lipinski definition) is 4. The van der Waals surface area contributed by atoms with Gasteiger partial charge in [-0.3, -0.25) is 4.79 Å². The number of oxime groups is 1. The summed E-state index contributed by atoms with van der Waals surface area (Å²) in [5, 5.41) is 14.6. The van der Waals surface area contributed by atoms with Crippen LogP contribution in [0.25, 0.3) is 0 Å². The van der Waals surface area contributed by atoms with Crippen LogP contribution in [0.2, 0.25) is 5.02 Å². The van der Waals surface area contributed by atoms with Crippen molar-refractivity contribution in [3.8, 4) is 0 Å². The number of benzene rings is 1. The summed E-state index contributed by atoms with van der Waals surface area (Å²) in [6.45, 7) is 0.785. The highest BCUT2D eigenvalue weighted by Gasteiger charge is 2.17. The molecule has 1 atom stereocenters. The van der Waals surface area contributed by atoms with Gasteiger partial charge in [0.2, 0.25) is 5.91 Å². The highest BCUT2D eigenvalue weighted by molar-refractivity contribution is 6.34. The van der Waals surface area contributed by atoms with Crippen LogP contribution in [0.1, 0.15) is 31.2 Å². The van der Waals surface area contributed by atoms with Gasteiger partial charge in [0.15, 0.2) is 5.84 Å². The predicted octanol–water partition coefficient (Wildman–Crippen LogP) is 2.33. The fraction of sp³-hybridized carbons (Fsp3) is 0.429. The molecule has 1 aromatic carbocycles. The summed E-state index contributed by atoms with van der Waals surface area (Å²) in [5.74, 6) is -0.142. The molecule has 6 nitrogen and oxygen atoms in total. The molecule has 0 radical (unpaired) electrons. The van der Waals surface area contributed by atoms with Gasteiger partial charge in [0.05, 0.1) is 16.8 Å². The molecular formula is C14H18ClN3O3. The van der Waals surface area contributed by atoms with E-state index in [9.17, 15) is 4.79 Å². The Bertz CT molecular complexity index is 542. The fourth-order valence-electron chi connectivity index (χ4n) is 2.21. The molecule has 1 heterocycles. The van der Waals surface area contributed by atoms with Crippen molar-refractivity contribution in [2.45, 2.75) is 31.8 Å². The van der Waals surface area contributed by atoms with Crippen molar-refractivity contribution in [2.24, 2.45) is 10.9 Å². The van der Waals surface area contributed by atoms with Gasteiger partial charge in [-0.1, -0.05) is 16.8 Å². The standard InChI is InChI=1S/C14H18ClN3O3/c15-11-8-9(14(16)18-20)3-5-12(11)17-13(19)6-4-10-2-1-7-21-10/h3,5,8,10,20H,1-2,4,6-7H2,(H2,16,18)(H,17,19). The van der Waals surface area contributed by atoms with Crippen LogP contribution in [-0.4, -0.2) is 29.7 Å². The number of anilines is 1. The summed E-state index contributed by atoms with van der Waals surface area (Å²) < 4.78 is 5.47. The number of hydrogen-bond donors (Lipinski definition) is 3. The van der Waals surface area contributed by atoms with Gasteiger partial charge in [-0.05, 0) is 37.5 Å². The Morgan fingerprint density at radius 2 is 2.38 bits per heavy atom. The van der Waals surface area contributed by atoms with Crippen LogP contribution in [0.5, 0.6) is 0 Å². The molecule has 0 saturated carbocycles. The molecule has 1 fully saturated rings. The van der Waals surface area contributed by atoms with E-state index in [-0.39, 0.29) is 17.8 Å². The number of nitrogens with zero attached hydrogens (tertiary/aromatic N) is 1. The summed E-state index contributed by atoms with van der Waals surface area (Å²) in [7, 11) is 0. The third kappa shape index (κ3) is 4.34. The van der Waals surface area contributed by atoms with E-state index in [4.69, 9.17) is 27.3 Å². The lowest BCUT2D eigenvalue weighted by atomic mass is 10.1. The van der Waals surface area contributed by atoms with Gasteiger partial charge < -0.3 is 21.0 Å². The SMILES string of the molecule is N/C(=N/O)c1ccc(NC(=O)CCC2CCCO2)c(Cl)c1. The number of carbonyl (C=O) groups is 1. The second-order valence-corrected chi connectivity index (χ2v) is 5.31. The Hall–Kier alpha value is -1.79. The monoisotopic (exact) mass is 311 g/mol. The minimum Gasteiger partial charge on any atom is -0.409 e. The molecule has 0 aliphatic carbocycles. The number of ether oxygens (including phenoxy) is 1. The van der Waals surface area contributed by atoms with Crippen molar-refractivity contribution in [2.75, 3.05) is 11.9 Å². The van der Waals surface area contributed by atoms with Crippen molar-refractivity contribution < 1.29 is 14.7 Å². The smallest absolute Gasteiger partial charge is 0.224 e. The second-order valence-electron chi connectivity index (χ2n) is 4.90. The molecule has 1 amide bonds. The predicted molar refractivity (Wildman–Crippen MR) is 80.8 cm³/mol. The molecule has 21 heavy (non-hydrogen) atoms. The summed E-state index contributed by atoms with van der Waals surface area (Å²) in [5.41, 5.74) is 6.46. The molecule has 1 aliphatic rings. The van der Waals surface area contributed by atoms with E-state index in [2.05, 4.69) is 10.5 Å². The van der Waals surface area contributed by atoms with Gasteiger partial charge in [0, 0.05) is 18.6 Å².